The van der Waals surface area contributed by atoms with Crippen LogP contribution in [0.5, 0.6) is 0 Å². The Hall–Kier alpha value is -2.56. The minimum atomic E-state index is -0.438. The molecule has 1 N–H and O–H groups in total. The fourth-order valence-corrected chi connectivity index (χ4v) is 6.87. The summed E-state index contributed by atoms with van der Waals surface area (Å²) in [6.45, 7) is 5.73. The van der Waals surface area contributed by atoms with Gasteiger partial charge in [0.25, 0.3) is 5.91 Å². The smallest absolute Gasteiger partial charge is 0.340 e. The lowest BCUT2D eigenvalue weighted by Crippen LogP contribution is -2.60. The first kappa shape index (κ1) is 20.3. The van der Waals surface area contributed by atoms with Gasteiger partial charge in [0.2, 0.25) is 0 Å². The van der Waals surface area contributed by atoms with E-state index in [1.54, 1.807) is 0 Å². The number of esters is 1. The molecule has 1 aromatic carbocycles. The number of nitrogens with zero attached hydrogens (tertiary/aromatic N) is 1. The van der Waals surface area contributed by atoms with Crippen LogP contribution in [0.3, 0.4) is 0 Å². The molecule has 6 rings (SSSR count). The van der Waals surface area contributed by atoms with Crippen molar-refractivity contribution in [1.29, 1.82) is 0 Å². The van der Waals surface area contributed by atoms with Crippen molar-refractivity contribution in [3.05, 3.63) is 52.8 Å². The van der Waals surface area contributed by atoms with Crippen LogP contribution in [-0.2, 0) is 9.53 Å². The van der Waals surface area contributed by atoms with Gasteiger partial charge in [0.05, 0.1) is 5.56 Å². The maximum absolute atomic E-state index is 12.8. The fourth-order valence-electron chi connectivity index (χ4n) is 6.87. The molecule has 0 radical (unpaired) electrons. The molecule has 0 unspecified atom stereocenters. The maximum atomic E-state index is 12.8. The maximum Gasteiger partial charge on any atom is 0.340 e. The van der Waals surface area contributed by atoms with Crippen molar-refractivity contribution >= 4 is 11.9 Å². The summed E-state index contributed by atoms with van der Waals surface area (Å²) in [4.78, 5) is 25.4. The van der Waals surface area contributed by atoms with Gasteiger partial charge in [-0.2, -0.15) is 0 Å². The van der Waals surface area contributed by atoms with Crippen LogP contribution >= 0.6 is 0 Å². The Morgan fingerprint density at radius 3 is 2.16 bits per heavy atom. The molecule has 4 bridgehead atoms. The summed E-state index contributed by atoms with van der Waals surface area (Å²) < 4.78 is 7.49. The van der Waals surface area contributed by atoms with Crippen LogP contribution in [-0.4, -0.2) is 28.6 Å². The number of hydrogen-bond acceptors (Lipinski definition) is 3. The molecule has 1 aromatic heterocycles. The van der Waals surface area contributed by atoms with E-state index < -0.39 is 5.97 Å². The number of carbonyl (C=O) groups is 2. The highest BCUT2D eigenvalue weighted by atomic mass is 16.5. The summed E-state index contributed by atoms with van der Waals surface area (Å²) in [7, 11) is 0. The summed E-state index contributed by atoms with van der Waals surface area (Å²) >= 11 is 0. The van der Waals surface area contributed by atoms with Crippen molar-refractivity contribution in [1.82, 2.24) is 9.88 Å². The number of hydrogen-bond donors (Lipinski definition) is 1. The molecule has 0 atom stereocenters. The van der Waals surface area contributed by atoms with E-state index in [1.165, 1.54) is 24.8 Å². The van der Waals surface area contributed by atoms with Gasteiger partial charge < -0.3 is 14.6 Å². The van der Waals surface area contributed by atoms with E-state index >= 15 is 0 Å². The van der Waals surface area contributed by atoms with Crippen molar-refractivity contribution < 1.29 is 14.3 Å². The molecule has 31 heavy (non-hydrogen) atoms. The normalized spacial score (nSPS) is 28.5. The molecule has 0 aliphatic heterocycles. The molecule has 4 fully saturated rings. The van der Waals surface area contributed by atoms with Crippen LogP contribution in [0.25, 0.3) is 5.69 Å². The van der Waals surface area contributed by atoms with Crippen molar-refractivity contribution in [2.75, 3.05) is 6.61 Å². The Balaban J connectivity index is 1.23. The molecule has 4 saturated carbocycles. The van der Waals surface area contributed by atoms with E-state index in [-0.39, 0.29) is 18.1 Å². The predicted octanol–water partition coefficient (Wildman–Crippen LogP) is 4.64. The highest BCUT2D eigenvalue weighted by Crippen LogP contribution is 2.55. The van der Waals surface area contributed by atoms with Gasteiger partial charge >= 0.3 is 5.97 Å². The summed E-state index contributed by atoms with van der Waals surface area (Å²) in [5.41, 5.74) is 4.45. The van der Waals surface area contributed by atoms with Crippen LogP contribution in [0.2, 0.25) is 0 Å². The third-order valence-electron chi connectivity index (χ3n) is 7.72. The zero-order valence-corrected chi connectivity index (χ0v) is 18.7. The number of nitrogens with one attached hydrogen (secondary N) is 1. The number of benzene rings is 1. The molecule has 1 heterocycles. The van der Waals surface area contributed by atoms with Crippen molar-refractivity contribution in [2.45, 2.75) is 64.8 Å². The zero-order chi connectivity index (χ0) is 21.8. The van der Waals surface area contributed by atoms with E-state index in [0.717, 1.165) is 54.1 Å². The van der Waals surface area contributed by atoms with Crippen LogP contribution < -0.4 is 5.32 Å². The Bertz CT molecular complexity index is 983. The number of ether oxygens (including phenoxy) is 1. The highest BCUT2D eigenvalue weighted by Gasteiger charge is 2.51. The quantitative estimate of drug-likeness (QED) is 0.717. The lowest BCUT2D eigenvalue weighted by Gasteiger charge is -2.56. The number of amides is 1. The Morgan fingerprint density at radius 1 is 1.00 bits per heavy atom. The highest BCUT2D eigenvalue weighted by molar-refractivity contribution is 5.93. The average molecular weight is 421 g/mol. The summed E-state index contributed by atoms with van der Waals surface area (Å²) in [5.74, 6) is 1.69. The van der Waals surface area contributed by atoms with Gasteiger partial charge in [-0.3, -0.25) is 4.79 Å². The fraction of sp³-hybridized carbons (Fsp3) is 0.538. The second-order valence-corrected chi connectivity index (χ2v) is 10.3. The van der Waals surface area contributed by atoms with Gasteiger partial charge in [0.15, 0.2) is 6.61 Å². The molecule has 0 spiro atoms. The molecular formula is C26H32N2O3. The first-order valence-corrected chi connectivity index (χ1v) is 11.6. The zero-order valence-electron chi connectivity index (χ0n) is 18.7. The largest absolute Gasteiger partial charge is 0.452 e. The van der Waals surface area contributed by atoms with E-state index in [9.17, 15) is 9.59 Å². The van der Waals surface area contributed by atoms with Crippen molar-refractivity contribution in [3.63, 3.8) is 0 Å². The molecule has 5 nitrogen and oxygen atoms in total. The summed E-state index contributed by atoms with van der Waals surface area (Å²) in [5, 5.41) is 3.27. The first-order chi connectivity index (χ1) is 14.8. The SMILES string of the molecule is Cc1ccc(-n2c(C)cc(C(=O)OCC(=O)NC34CC5CC(CC(C5)C3)C4)c2C)cc1. The van der Waals surface area contributed by atoms with Gasteiger partial charge in [-0.1, -0.05) is 17.7 Å². The lowest BCUT2D eigenvalue weighted by atomic mass is 9.53. The van der Waals surface area contributed by atoms with Gasteiger partial charge in [0.1, 0.15) is 0 Å². The van der Waals surface area contributed by atoms with E-state index in [2.05, 4.69) is 24.4 Å². The Morgan fingerprint density at radius 2 is 1.58 bits per heavy atom. The predicted molar refractivity (Wildman–Crippen MR) is 119 cm³/mol. The second-order valence-electron chi connectivity index (χ2n) is 10.3. The minimum absolute atomic E-state index is 0.0560. The lowest BCUT2D eigenvalue weighted by molar-refractivity contribution is -0.130. The standard InChI is InChI=1S/C26H32N2O3/c1-16-4-6-22(7-5-16)28-17(2)8-23(18(28)3)25(30)31-15-24(29)27-26-12-19-9-20(13-26)11-21(10-19)14-26/h4-8,19-21H,9-15H2,1-3H3,(H,27,29). The number of aryl methyl sites for hydroxylation is 2. The summed E-state index contributed by atoms with van der Waals surface area (Å²) in [6, 6.07) is 10.0. The van der Waals surface area contributed by atoms with Gasteiger partial charge in [0, 0.05) is 22.6 Å². The van der Waals surface area contributed by atoms with E-state index in [1.807, 2.05) is 36.6 Å². The van der Waals surface area contributed by atoms with Gasteiger partial charge in [-0.05, 0) is 95.2 Å². The topological polar surface area (TPSA) is 60.3 Å². The van der Waals surface area contributed by atoms with Gasteiger partial charge in [-0.15, -0.1) is 0 Å². The van der Waals surface area contributed by atoms with Crippen molar-refractivity contribution in [3.8, 4) is 5.69 Å². The van der Waals surface area contributed by atoms with E-state index in [4.69, 9.17) is 4.74 Å². The van der Waals surface area contributed by atoms with Crippen molar-refractivity contribution in [2.24, 2.45) is 17.8 Å². The molecule has 2 aromatic rings. The Labute approximate surface area is 184 Å². The first-order valence-electron chi connectivity index (χ1n) is 11.6. The third-order valence-corrected chi connectivity index (χ3v) is 7.72. The molecule has 5 heteroatoms. The molecule has 4 aliphatic rings. The second kappa shape index (κ2) is 7.54. The van der Waals surface area contributed by atoms with Gasteiger partial charge in [-0.25, -0.2) is 4.79 Å². The third kappa shape index (κ3) is 3.79. The minimum Gasteiger partial charge on any atom is -0.452 e. The molecule has 0 saturated heterocycles. The van der Waals surface area contributed by atoms with Crippen LogP contribution in [0, 0.1) is 38.5 Å². The van der Waals surface area contributed by atoms with Crippen LogP contribution in [0.4, 0.5) is 0 Å². The number of rotatable bonds is 5. The Kier molecular flexibility index (Phi) is 4.95. The summed E-state index contributed by atoms with van der Waals surface area (Å²) in [6.07, 6.45) is 7.28. The molecule has 4 aliphatic carbocycles. The van der Waals surface area contributed by atoms with Crippen LogP contribution in [0.1, 0.15) is 65.8 Å². The monoisotopic (exact) mass is 420 g/mol. The molecule has 164 valence electrons. The number of aromatic nitrogens is 1. The van der Waals surface area contributed by atoms with Crippen LogP contribution in [0.15, 0.2) is 30.3 Å². The number of carbonyl (C=O) groups excluding carboxylic acids is 2. The average Bonchev–Trinajstić information content (AvgIpc) is 3.00. The van der Waals surface area contributed by atoms with E-state index in [0.29, 0.717) is 5.56 Å². The molecule has 1 amide bonds. The molecular weight excluding hydrogens is 388 g/mol.